The van der Waals surface area contributed by atoms with Crippen LogP contribution >= 0.6 is 0 Å². The van der Waals surface area contributed by atoms with Crippen LogP contribution in [0.3, 0.4) is 0 Å². The summed E-state index contributed by atoms with van der Waals surface area (Å²) in [7, 11) is 0. The SMILES string of the molecule is CC(O)CCC[C@@H](C)C1CC[C@H]2C(O)CCC[C@]12C. The topological polar surface area (TPSA) is 40.5 Å². The van der Waals surface area contributed by atoms with Crippen LogP contribution in [0.4, 0.5) is 0 Å². The molecule has 0 amide bonds. The van der Waals surface area contributed by atoms with Crippen LogP contribution in [-0.2, 0) is 0 Å². The lowest BCUT2D eigenvalue weighted by atomic mass is 9.61. The molecule has 2 N–H and O–H groups in total. The second-order valence-electron chi connectivity index (χ2n) is 7.51. The first-order valence-corrected chi connectivity index (χ1v) is 8.31. The molecule has 2 heteroatoms. The van der Waals surface area contributed by atoms with E-state index in [9.17, 15) is 10.2 Å². The Kier molecular flexibility index (Phi) is 4.94. The molecule has 6 atom stereocenters. The molecule has 0 bridgehead atoms. The van der Waals surface area contributed by atoms with Crippen molar-refractivity contribution in [3.63, 3.8) is 0 Å². The summed E-state index contributed by atoms with van der Waals surface area (Å²) in [5.74, 6) is 2.06. The van der Waals surface area contributed by atoms with E-state index in [1.165, 1.54) is 32.1 Å². The Bertz CT molecular complexity index is 289. The lowest BCUT2D eigenvalue weighted by Crippen LogP contribution is -2.41. The lowest BCUT2D eigenvalue weighted by Gasteiger charge is -2.45. The van der Waals surface area contributed by atoms with Gasteiger partial charge in [-0.1, -0.05) is 33.1 Å². The van der Waals surface area contributed by atoms with E-state index in [-0.39, 0.29) is 12.2 Å². The standard InChI is InChI=1S/C17H32O2/c1-12(6-4-7-13(2)18)14-9-10-15-16(19)8-5-11-17(14,15)3/h12-16,18-19H,4-11H2,1-3H3/t12-,13?,14?,15+,16?,17-/m1/s1. The molecule has 2 rings (SSSR count). The molecule has 0 aliphatic heterocycles. The molecule has 0 spiro atoms. The van der Waals surface area contributed by atoms with E-state index in [0.29, 0.717) is 11.3 Å². The Morgan fingerprint density at radius 3 is 2.58 bits per heavy atom. The highest BCUT2D eigenvalue weighted by atomic mass is 16.3. The van der Waals surface area contributed by atoms with Crippen molar-refractivity contribution >= 4 is 0 Å². The number of aliphatic hydroxyl groups excluding tert-OH is 2. The molecule has 0 radical (unpaired) electrons. The van der Waals surface area contributed by atoms with E-state index in [0.717, 1.165) is 31.1 Å². The van der Waals surface area contributed by atoms with Crippen LogP contribution in [0.2, 0.25) is 0 Å². The monoisotopic (exact) mass is 268 g/mol. The fourth-order valence-electron chi connectivity index (χ4n) is 5.06. The maximum Gasteiger partial charge on any atom is 0.0573 e. The molecule has 2 saturated carbocycles. The van der Waals surface area contributed by atoms with Gasteiger partial charge in [-0.2, -0.15) is 0 Å². The van der Waals surface area contributed by atoms with Gasteiger partial charge in [0.05, 0.1) is 12.2 Å². The van der Waals surface area contributed by atoms with Crippen molar-refractivity contribution in [1.82, 2.24) is 0 Å². The zero-order valence-corrected chi connectivity index (χ0v) is 12.9. The molecule has 0 aromatic heterocycles. The first-order chi connectivity index (χ1) is 8.95. The predicted molar refractivity (Wildman–Crippen MR) is 78.9 cm³/mol. The summed E-state index contributed by atoms with van der Waals surface area (Å²) in [5.41, 5.74) is 0.377. The molecule has 2 aliphatic carbocycles. The van der Waals surface area contributed by atoms with Gasteiger partial charge in [-0.15, -0.1) is 0 Å². The van der Waals surface area contributed by atoms with Crippen LogP contribution in [0.15, 0.2) is 0 Å². The quantitative estimate of drug-likeness (QED) is 0.797. The maximum absolute atomic E-state index is 10.3. The molecule has 2 aliphatic rings. The summed E-state index contributed by atoms with van der Waals surface area (Å²) in [5, 5.41) is 19.6. The van der Waals surface area contributed by atoms with Gasteiger partial charge in [-0.25, -0.2) is 0 Å². The smallest absolute Gasteiger partial charge is 0.0573 e. The van der Waals surface area contributed by atoms with Crippen molar-refractivity contribution in [1.29, 1.82) is 0 Å². The highest BCUT2D eigenvalue weighted by Gasteiger charge is 2.51. The van der Waals surface area contributed by atoms with Gasteiger partial charge >= 0.3 is 0 Å². The average Bonchev–Trinajstić information content (AvgIpc) is 2.67. The average molecular weight is 268 g/mol. The summed E-state index contributed by atoms with van der Waals surface area (Å²) in [4.78, 5) is 0. The third kappa shape index (κ3) is 3.16. The van der Waals surface area contributed by atoms with Crippen molar-refractivity contribution in [3.8, 4) is 0 Å². The molecule has 19 heavy (non-hydrogen) atoms. The van der Waals surface area contributed by atoms with Gasteiger partial charge in [0.15, 0.2) is 0 Å². The Balaban J connectivity index is 1.93. The van der Waals surface area contributed by atoms with Crippen LogP contribution in [0, 0.1) is 23.2 Å². The van der Waals surface area contributed by atoms with Gasteiger partial charge in [-0.05, 0) is 62.2 Å². The molecule has 0 heterocycles. The maximum atomic E-state index is 10.3. The minimum Gasteiger partial charge on any atom is -0.393 e. The highest BCUT2D eigenvalue weighted by Crippen LogP contribution is 2.58. The molecule has 0 aromatic carbocycles. The third-order valence-corrected chi connectivity index (χ3v) is 6.13. The zero-order valence-electron chi connectivity index (χ0n) is 12.9. The van der Waals surface area contributed by atoms with Gasteiger partial charge in [0, 0.05) is 0 Å². The van der Waals surface area contributed by atoms with E-state index in [1.54, 1.807) is 0 Å². The normalized spacial score (nSPS) is 41.8. The molecular weight excluding hydrogens is 236 g/mol. The fraction of sp³-hybridized carbons (Fsp3) is 1.00. The van der Waals surface area contributed by atoms with Crippen molar-refractivity contribution in [3.05, 3.63) is 0 Å². The van der Waals surface area contributed by atoms with Gasteiger partial charge in [-0.3, -0.25) is 0 Å². The number of rotatable bonds is 5. The molecule has 0 aromatic rings. The summed E-state index contributed by atoms with van der Waals surface area (Å²) >= 11 is 0. The minimum absolute atomic E-state index is 0.0478. The largest absolute Gasteiger partial charge is 0.393 e. The second kappa shape index (κ2) is 6.13. The van der Waals surface area contributed by atoms with Gasteiger partial charge in [0.2, 0.25) is 0 Å². The number of fused-ring (bicyclic) bond motifs is 1. The van der Waals surface area contributed by atoms with Crippen LogP contribution in [0.25, 0.3) is 0 Å². The summed E-state index contributed by atoms with van der Waals surface area (Å²) in [6.45, 7) is 6.71. The van der Waals surface area contributed by atoms with E-state index in [2.05, 4.69) is 13.8 Å². The first kappa shape index (κ1) is 15.3. The predicted octanol–water partition coefficient (Wildman–Crippen LogP) is 3.75. The molecule has 112 valence electrons. The Labute approximate surface area is 118 Å². The van der Waals surface area contributed by atoms with Crippen LogP contribution < -0.4 is 0 Å². The van der Waals surface area contributed by atoms with E-state index < -0.39 is 0 Å². The summed E-state index contributed by atoms with van der Waals surface area (Å²) in [6, 6.07) is 0. The molecule has 3 unspecified atom stereocenters. The van der Waals surface area contributed by atoms with Gasteiger partial charge < -0.3 is 10.2 Å². The molecule has 2 nitrogen and oxygen atoms in total. The second-order valence-corrected chi connectivity index (χ2v) is 7.51. The van der Waals surface area contributed by atoms with Crippen molar-refractivity contribution in [2.75, 3.05) is 0 Å². The minimum atomic E-state index is -0.157. The van der Waals surface area contributed by atoms with Crippen LogP contribution in [0.1, 0.15) is 72.1 Å². The van der Waals surface area contributed by atoms with E-state index in [1.807, 2.05) is 6.92 Å². The van der Waals surface area contributed by atoms with Crippen LogP contribution in [-0.4, -0.2) is 22.4 Å². The molecule has 0 saturated heterocycles. The van der Waals surface area contributed by atoms with E-state index >= 15 is 0 Å². The number of aliphatic hydroxyl groups is 2. The van der Waals surface area contributed by atoms with Crippen molar-refractivity contribution in [2.24, 2.45) is 23.2 Å². The summed E-state index contributed by atoms with van der Waals surface area (Å²) in [6.07, 6.45) is 9.14. The highest BCUT2D eigenvalue weighted by molar-refractivity contribution is 5.01. The summed E-state index contributed by atoms with van der Waals surface area (Å²) < 4.78 is 0. The Morgan fingerprint density at radius 2 is 1.89 bits per heavy atom. The first-order valence-electron chi connectivity index (χ1n) is 8.31. The number of hydrogen-bond donors (Lipinski definition) is 2. The zero-order chi connectivity index (χ0) is 14.0. The number of hydrogen-bond acceptors (Lipinski definition) is 2. The van der Waals surface area contributed by atoms with Crippen LogP contribution in [0.5, 0.6) is 0 Å². The lowest BCUT2D eigenvalue weighted by molar-refractivity contribution is -0.0279. The van der Waals surface area contributed by atoms with E-state index in [4.69, 9.17) is 0 Å². The van der Waals surface area contributed by atoms with Gasteiger partial charge in [0.25, 0.3) is 0 Å². The third-order valence-electron chi connectivity index (χ3n) is 6.13. The van der Waals surface area contributed by atoms with Crippen molar-refractivity contribution < 1.29 is 10.2 Å². The molecular formula is C17H32O2. The molecule has 2 fully saturated rings. The van der Waals surface area contributed by atoms with Gasteiger partial charge in [0.1, 0.15) is 0 Å². The Hall–Kier alpha value is -0.0800. The Morgan fingerprint density at radius 1 is 1.16 bits per heavy atom. The van der Waals surface area contributed by atoms with Crippen molar-refractivity contribution in [2.45, 2.75) is 84.3 Å². The fourth-order valence-corrected chi connectivity index (χ4v) is 5.06.